The SMILES string of the molecule is COc1ccc(Br)cc1/C=C1\Oc2c(ccc(OCC(=O)c3ccc(Cl)cc3)c2C)C1=O. The van der Waals surface area contributed by atoms with Gasteiger partial charge in [-0.25, -0.2) is 0 Å². The minimum Gasteiger partial charge on any atom is -0.496 e. The molecule has 0 spiro atoms. The van der Waals surface area contributed by atoms with E-state index in [0.717, 1.165) is 4.47 Å². The first-order chi connectivity index (χ1) is 15.4. The molecule has 7 heteroatoms. The van der Waals surface area contributed by atoms with Crippen molar-refractivity contribution in [1.29, 1.82) is 0 Å². The van der Waals surface area contributed by atoms with Crippen LogP contribution in [-0.2, 0) is 0 Å². The summed E-state index contributed by atoms with van der Waals surface area (Å²) in [4.78, 5) is 25.3. The van der Waals surface area contributed by atoms with Gasteiger partial charge in [0.1, 0.15) is 17.2 Å². The number of benzene rings is 3. The van der Waals surface area contributed by atoms with Crippen molar-refractivity contribution in [3.05, 3.63) is 92.1 Å². The van der Waals surface area contributed by atoms with Crippen LogP contribution in [0.1, 0.15) is 31.8 Å². The summed E-state index contributed by atoms with van der Waals surface area (Å²) >= 11 is 9.29. The molecule has 0 amide bonds. The highest BCUT2D eigenvalue weighted by Gasteiger charge is 2.30. The Kier molecular flexibility index (Phi) is 6.35. The molecule has 1 heterocycles. The Bertz CT molecular complexity index is 1250. The van der Waals surface area contributed by atoms with E-state index in [1.54, 1.807) is 62.6 Å². The number of carbonyl (C=O) groups excluding carboxylic acids is 2. The predicted octanol–water partition coefficient (Wildman–Crippen LogP) is 6.30. The van der Waals surface area contributed by atoms with E-state index in [1.807, 2.05) is 12.1 Å². The number of ketones is 2. The van der Waals surface area contributed by atoms with Gasteiger partial charge in [0.25, 0.3) is 0 Å². The maximum absolute atomic E-state index is 12.9. The number of methoxy groups -OCH3 is 1. The number of hydrogen-bond acceptors (Lipinski definition) is 5. The van der Waals surface area contributed by atoms with Crippen LogP contribution in [0.25, 0.3) is 6.08 Å². The molecule has 0 radical (unpaired) electrons. The fourth-order valence-electron chi connectivity index (χ4n) is 3.35. The second kappa shape index (κ2) is 9.18. The normalized spacial score (nSPS) is 13.6. The van der Waals surface area contributed by atoms with Crippen LogP contribution in [0.2, 0.25) is 5.02 Å². The Morgan fingerprint density at radius 2 is 1.81 bits per heavy atom. The van der Waals surface area contributed by atoms with Crippen LogP contribution in [0.4, 0.5) is 0 Å². The summed E-state index contributed by atoms with van der Waals surface area (Å²) in [6.45, 7) is 1.64. The molecule has 0 bridgehead atoms. The van der Waals surface area contributed by atoms with Gasteiger partial charge in [-0.1, -0.05) is 27.5 Å². The molecule has 0 N–H and O–H groups in total. The number of hydrogen-bond donors (Lipinski definition) is 0. The maximum atomic E-state index is 12.9. The zero-order chi connectivity index (χ0) is 22.8. The first-order valence-electron chi connectivity index (χ1n) is 9.70. The number of fused-ring (bicyclic) bond motifs is 1. The Hall–Kier alpha value is -3.09. The quantitative estimate of drug-likeness (QED) is 0.286. The van der Waals surface area contributed by atoms with Crippen LogP contribution < -0.4 is 14.2 Å². The molecule has 0 unspecified atom stereocenters. The van der Waals surface area contributed by atoms with E-state index >= 15 is 0 Å². The summed E-state index contributed by atoms with van der Waals surface area (Å²) in [7, 11) is 1.57. The minimum atomic E-state index is -0.228. The van der Waals surface area contributed by atoms with E-state index in [2.05, 4.69) is 15.9 Å². The van der Waals surface area contributed by atoms with Crippen LogP contribution in [0.5, 0.6) is 17.2 Å². The highest BCUT2D eigenvalue weighted by Crippen LogP contribution is 2.40. The zero-order valence-corrected chi connectivity index (χ0v) is 19.6. The number of rotatable bonds is 6. The maximum Gasteiger partial charge on any atom is 0.231 e. The van der Waals surface area contributed by atoms with Crippen molar-refractivity contribution < 1.29 is 23.8 Å². The molecule has 0 aromatic heterocycles. The Morgan fingerprint density at radius 3 is 2.53 bits per heavy atom. The first-order valence-corrected chi connectivity index (χ1v) is 10.9. The summed E-state index contributed by atoms with van der Waals surface area (Å²) in [5, 5.41) is 0.558. The number of ether oxygens (including phenoxy) is 3. The van der Waals surface area contributed by atoms with Crippen molar-refractivity contribution in [2.45, 2.75) is 6.92 Å². The Labute approximate surface area is 198 Å². The largest absolute Gasteiger partial charge is 0.496 e. The van der Waals surface area contributed by atoms with Crippen LogP contribution >= 0.6 is 27.5 Å². The molecule has 0 saturated carbocycles. The van der Waals surface area contributed by atoms with Crippen LogP contribution in [0.3, 0.4) is 0 Å². The Balaban J connectivity index is 1.55. The highest BCUT2D eigenvalue weighted by molar-refractivity contribution is 9.10. The summed E-state index contributed by atoms with van der Waals surface area (Å²) in [6.07, 6.45) is 1.65. The number of allylic oxidation sites excluding steroid dienone is 1. The summed E-state index contributed by atoms with van der Waals surface area (Å²) < 4.78 is 17.9. The number of Topliss-reactive ketones (excluding diaryl/α,β-unsaturated/α-hetero) is 2. The molecular weight excluding hydrogens is 496 g/mol. The molecule has 3 aromatic carbocycles. The second-order valence-electron chi connectivity index (χ2n) is 7.11. The highest BCUT2D eigenvalue weighted by atomic mass is 79.9. The van der Waals surface area contributed by atoms with Gasteiger partial charge >= 0.3 is 0 Å². The molecule has 1 aliphatic heterocycles. The van der Waals surface area contributed by atoms with Crippen LogP contribution in [0, 0.1) is 6.92 Å². The standard InChI is InChI=1S/C25H18BrClO5/c1-14-21(31-13-20(28)15-3-6-18(27)7-4-15)10-8-19-24(29)23(32-25(14)19)12-16-11-17(26)5-9-22(16)30-2/h3-12H,13H2,1-2H3/b23-12-. The van der Waals surface area contributed by atoms with Crippen molar-refractivity contribution in [2.75, 3.05) is 13.7 Å². The smallest absolute Gasteiger partial charge is 0.231 e. The van der Waals surface area contributed by atoms with Crippen molar-refractivity contribution >= 4 is 45.2 Å². The van der Waals surface area contributed by atoms with Gasteiger partial charge in [-0.15, -0.1) is 0 Å². The molecule has 1 aliphatic rings. The van der Waals surface area contributed by atoms with Gasteiger partial charge in [0.05, 0.1) is 12.7 Å². The Morgan fingerprint density at radius 1 is 1.09 bits per heavy atom. The summed E-state index contributed by atoms with van der Waals surface area (Å²) in [6, 6.07) is 15.4. The van der Waals surface area contributed by atoms with E-state index < -0.39 is 0 Å². The molecule has 0 aliphatic carbocycles. The molecule has 4 rings (SSSR count). The molecule has 5 nitrogen and oxygen atoms in total. The van der Waals surface area contributed by atoms with Gasteiger partial charge in [0, 0.05) is 26.2 Å². The number of carbonyl (C=O) groups is 2. The van der Waals surface area contributed by atoms with E-state index in [1.165, 1.54) is 0 Å². The van der Waals surface area contributed by atoms with Gasteiger partial charge in [-0.3, -0.25) is 9.59 Å². The minimum absolute atomic E-state index is 0.146. The lowest BCUT2D eigenvalue weighted by Crippen LogP contribution is -2.12. The molecule has 0 fully saturated rings. The van der Waals surface area contributed by atoms with Gasteiger partial charge in [0.2, 0.25) is 5.78 Å². The van der Waals surface area contributed by atoms with Crippen molar-refractivity contribution in [3.8, 4) is 17.2 Å². The molecule has 0 atom stereocenters. The third-order valence-electron chi connectivity index (χ3n) is 5.04. The van der Waals surface area contributed by atoms with Gasteiger partial charge in [-0.2, -0.15) is 0 Å². The third kappa shape index (κ3) is 4.42. The topological polar surface area (TPSA) is 61.8 Å². The average Bonchev–Trinajstić information content (AvgIpc) is 3.10. The average molecular weight is 514 g/mol. The molecule has 0 saturated heterocycles. The monoisotopic (exact) mass is 512 g/mol. The lowest BCUT2D eigenvalue weighted by molar-refractivity contribution is 0.0920. The van der Waals surface area contributed by atoms with E-state index in [-0.39, 0.29) is 23.9 Å². The number of halogens is 2. The molecule has 32 heavy (non-hydrogen) atoms. The van der Waals surface area contributed by atoms with Crippen molar-refractivity contribution in [2.24, 2.45) is 0 Å². The second-order valence-corrected chi connectivity index (χ2v) is 8.46. The zero-order valence-electron chi connectivity index (χ0n) is 17.3. The van der Waals surface area contributed by atoms with Crippen LogP contribution in [0.15, 0.2) is 64.8 Å². The van der Waals surface area contributed by atoms with E-state index in [9.17, 15) is 9.59 Å². The first kappa shape index (κ1) is 22.1. The van der Waals surface area contributed by atoms with Gasteiger partial charge in [0.15, 0.2) is 18.1 Å². The van der Waals surface area contributed by atoms with E-state index in [4.69, 9.17) is 25.8 Å². The molecule has 3 aromatic rings. The summed E-state index contributed by atoms with van der Waals surface area (Å²) in [5.74, 6) is 1.30. The van der Waals surface area contributed by atoms with Crippen LogP contribution in [-0.4, -0.2) is 25.3 Å². The van der Waals surface area contributed by atoms with E-state index in [0.29, 0.717) is 44.5 Å². The summed E-state index contributed by atoms with van der Waals surface area (Å²) in [5.41, 5.74) is 2.30. The molecular formula is C25H18BrClO5. The predicted molar refractivity (Wildman–Crippen MR) is 126 cm³/mol. The fourth-order valence-corrected chi connectivity index (χ4v) is 3.85. The fraction of sp³-hybridized carbons (Fsp3) is 0.120. The van der Waals surface area contributed by atoms with Gasteiger partial charge in [-0.05, 0) is 67.6 Å². The third-order valence-corrected chi connectivity index (χ3v) is 5.79. The lowest BCUT2D eigenvalue weighted by atomic mass is 10.1. The van der Waals surface area contributed by atoms with Crippen molar-refractivity contribution in [3.63, 3.8) is 0 Å². The molecule has 162 valence electrons. The van der Waals surface area contributed by atoms with Gasteiger partial charge < -0.3 is 14.2 Å². The van der Waals surface area contributed by atoms with Crippen molar-refractivity contribution in [1.82, 2.24) is 0 Å². The lowest BCUT2D eigenvalue weighted by Gasteiger charge is -2.11.